The van der Waals surface area contributed by atoms with E-state index >= 15 is 0 Å². The van der Waals surface area contributed by atoms with Crippen molar-refractivity contribution in [1.82, 2.24) is 14.0 Å². The van der Waals surface area contributed by atoms with Crippen molar-refractivity contribution in [2.24, 2.45) is 20.6 Å². The van der Waals surface area contributed by atoms with Crippen molar-refractivity contribution in [2.45, 2.75) is 40.2 Å². The largest absolute Gasteiger partial charge is 0.250 e. The van der Waals surface area contributed by atoms with E-state index in [1.54, 1.807) is 0 Å². The first-order chi connectivity index (χ1) is 8.79. The fourth-order valence-electron chi connectivity index (χ4n) is 1.65. The molecule has 6 nitrogen and oxygen atoms in total. The molecule has 0 aliphatic carbocycles. The standard InChI is InChI=1S/C13H33N6P/c1-12(2,3)13(4,5)14-15-16-20(17(6)7,18(8)9)19(10)11/h1-11H3. The molecule has 0 radical (unpaired) electrons. The monoisotopic (exact) mass is 304 g/mol. The van der Waals surface area contributed by atoms with Gasteiger partial charge in [-0.25, -0.2) is 0 Å². The van der Waals surface area contributed by atoms with E-state index in [1.165, 1.54) is 0 Å². The summed E-state index contributed by atoms with van der Waals surface area (Å²) in [5.41, 5.74) is -0.210. The van der Waals surface area contributed by atoms with Crippen LogP contribution in [-0.2, 0) is 0 Å². The van der Waals surface area contributed by atoms with Crippen molar-refractivity contribution in [3.8, 4) is 0 Å². The smallest absolute Gasteiger partial charge is 0.193 e. The molecule has 7 heteroatoms. The maximum absolute atomic E-state index is 4.60. The van der Waals surface area contributed by atoms with Gasteiger partial charge in [-0.2, -0.15) is 5.11 Å². The van der Waals surface area contributed by atoms with E-state index in [0.717, 1.165) is 0 Å². The highest BCUT2D eigenvalue weighted by atomic mass is 31.2. The van der Waals surface area contributed by atoms with Gasteiger partial charge < -0.3 is 0 Å². The molecule has 0 saturated carbocycles. The van der Waals surface area contributed by atoms with Gasteiger partial charge in [-0.15, -0.1) is 4.85 Å². The minimum absolute atomic E-state index is 0.0431. The molecule has 0 aliphatic heterocycles. The van der Waals surface area contributed by atoms with Crippen LogP contribution in [0.15, 0.2) is 15.2 Å². The lowest BCUT2D eigenvalue weighted by atomic mass is 9.77. The predicted octanol–water partition coefficient (Wildman–Crippen LogP) is 3.81. The summed E-state index contributed by atoms with van der Waals surface area (Å²) in [6, 6.07) is 0. The van der Waals surface area contributed by atoms with Crippen molar-refractivity contribution in [3.63, 3.8) is 0 Å². The van der Waals surface area contributed by atoms with Crippen molar-refractivity contribution in [2.75, 3.05) is 42.3 Å². The van der Waals surface area contributed by atoms with Gasteiger partial charge >= 0.3 is 0 Å². The predicted molar refractivity (Wildman–Crippen MR) is 88.8 cm³/mol. The summed E-state index contributed by atoms with van der Waals surface area (Å²) >= 11 is 0. The molecule has 0 aliphatic rings. The lowest BCUT2D eigenvalue weighted by Crippen LogP contribution is -2.34. The van der Waals surface area contributed by atoms with E-state index in [1.807, 2.05) is 42.3 Å². The topological polar surface area (TPSA) is 46.8 Å². The van der Waals surface area contributed by atoms with Crippen LogP contribution >= 0.6 is 7.51 Å². The Morgan fingerprint density at radius 1 is 0.700 bits per heavy atom. The second-order valence-electron chi connectivity index (χ2n) is 7.17. The average molecular weight is 304 g/mol. The first-order valence-corrected chi connectivity index (χ1v) is 8.46. The second-order valence-corrected chi connectivity index (χ2v) is 10.8. The summed E-state index contributed by atoms with van der Waals surface area (Å²) in [5, 5.41) is 8.69. The average Bonchev–Trinajstić information content (AvgIpc) is 2.20. The molecule has 0 bridgehead atoms. The molecule has 0 saturated heterocycles. The molecule has 0 unspecified atom stereocenters. The van der Waals surface area contributed by atoms with Gasteiger partial charge in [0, 0.05) is 0 Å². The Morgan fingerprint density at radius 2 is 1.05 bits per heavy atom. The Morgan fingerprint density at radius 3 is 1.30 bits per heavy atom. The van der Waals surface area contributed by atoms with E-state index in [-0.39, 0.29) is 11.0 Å². The molecule has 120 valence electrons. The van der Waals surface area contributed by atoms with Crippen LogP contribution in [0.4, 0.5) is 0 Å². The summed E-state index contributed by atoms with van der Waals surface area (Å²) in [6.45, 7) is 10.7. The molecule has 0 fully saturated rings. The van der Waals surface area contributed by atoms with Crippen LogP contribution in [0, 0.1) is 5.41 Å². The van der Waals surface area contributed by atoms with Gasteiger partial charge in [0.05, 0.1) is 5.54 Å². The fourth-order valence-corrected chi connectivity index (χ4v) is 4.42. The van der Waals surface area contributed by atoms with Crippen LogP contribution in [0.25, 0.3) is 0 Å². The molecule has 0 rings (SSSR count). The van der Waals surface area contributed by atoms with Gasteiger partial charge in [0.1, 0.15) is 0 Å². The highest BCUT2D eigenvalue weighted by Crippen LogP contribution is 2.55. The van der Waals surface area contributed by atoms with Gasteiger partial charge in [0.2, 0.25) is 0 Å². The lowest BCUT2D eigenvalue weighted by molar-refractivity contribution is 0.222. The van der Waals surface area contributed by atoms with Crippen molar-refractivity contribution in [1.29, 1.82) is 0 Å². The molecule has 0 atom stereocenters. The Kier molecular flexibility index (Phi) is 6.55. The third-order valence-corrected chi connectivity index (χ3v) is 7.44. The maximum atomic E-state index is 4.60. The zero-order chi connectivity index (χ0) is 16.4. The van der Waals surface area contributed by atoms with Crippen LogP contribution < -0.4 is 0 Å². The normalized spacial score (nSPS) is 14.9. The molecular weight excluding hydrogens is 271 g/mol. The number of nitrogens with zero attached hydrogens (tertiary/aromatic N) is 6. The fraction of sp³-hybridized carbons (Fsp3) is 1.00. The van der Waals surface area contributed by atoms with Crippen molar-refractivity contribution < 1.29 is 0 Å². The summed E-state index contributed by atoms with van der Waals surface area (Å²) in [5.74, 6) is 0. The Labute approximate surface area is 125 Å². The molecular formula is C13H33N6P. The highest BCUT2D eigenvalue weighted by molar-refractivity contribution is 7.58. The van der Waals surface area contributed by atoms with Crippen molar-refractivity contribution in [3.05, 3.63) is 0 Å². The number of hydrogen-bond acceptors (Lipinski definition) is 1. The van der Waals surface area contributed by atoms with Crippen LogP contribution in [0.1, 0.15) is 34.6 Å². The van der Waals surface area contributed by atoms with E-state index in [4.69, 9.17) is 0 Å². The summed E-state index contributed by atoms with van der Waals surface area (Å²) in [4.78, 5) is 4.60. The summed E-state index contributed by atoms with van der Waals surface area (Å²) < 4.78 is 6.36. The zero-order valence-electron chi connectivity index (χ0n) is 15.1. The van der Waals surface area contributed by atoms with Gasteiger partial charge in [-0.1, -0.05) is 20.8 Å². The number of hydrogen-bond donors (Lipinski definition) is 0. The van der Waals surface area contributed by atoms with Gasteiger partial charge in [0.25, 0.3) is 0 Å². The SMILES string of the molecule is CN(C)P(=NN=NC(C)(C)C(C)(C)C)(N(C)C)N(C)C. The van der Waals surface area contributed by atoms with Crippen LogP contribution in [0.3, 0.4) is 0 Å². The Bertz CT molecular complexity index is 362. The molecule has 20 heavy (non-hydrogen) atoms. The van der Waals surface area contributed by atoms with Crippen molar-refractivity contribution >= 4 is 7.51 Å². The molecule has 0 aromatic heterocycles. The van der Waals surface area contributed by atoms with E-state index in [0.29, 0.717) is 0 Å². The van der Waals surface area contributed by atoms with Crippen LogP contribution in [-0.4, -0.2) is 61.8 Å². The first-order valence-electron chi connectivity index (χ1n) is 6.86. The van der Waals surface area contributed by atoms with E-state index < -0.39 is 7.51 Å². The molecule has 0 aromatic carbocycles. The van der Waals surface area contributed by atoms with Gasteiger partial charge in [0.15, 0.2) is 7.51 Å². The van der Waals surface area contributed by atoms with Crippen LogP contribution in [0.5, 0.6) is 0 Å². The quantitative estimate of drug-likeness (QED) is 0.441. The van der Waals surface area contributed by atoms with Gasteiger partial charge in [-0.3, -0.25) is 14.0 Å². The van der Waals surface area contributed by atoms with Gasteiger partial charge in [-0.05, 0) is 66.8 Å². The highest BCUT2D eigenvalue weighted by Gasteiger charge is 2.33. The molecule has 0 N–H and O–H groups in total. The zero-order valence-corrected chi connectivity index (χ0v) is 16.0. The molecule has 0 heterocycles. The minimum Gasteiger partial charge on any atom is -0.250 e. The molecule has 0 aromatic rings. The molecule has 0 amide bonds. The maximum Gasteiger partial charge on any atom is 0.193 e. The third kappa shape index (κ3) is 4.10. The van der Waals surface area contributed by atoms with E-state index in [2.05, 4.69) is 63.8 Å². The number of rotatable bonds is 5. The van der Waals surface area contributed by atoms with Crippen LogP contribution in [0.2, 0.25) is 0 Å². The Balaban J connectivity index is 5.67. The summed E-state index contributed by atoms with van der Waals surface area (Å²) in [7, 11) is 10.2. The van der Waals surface area contributed by atoms with E-state index in [9.17, 15) is 0 Å². The third-order valence-electron chi connectivity index (χ3n) is 3.90. The lowest BCUT2D eigenvalue weighted by Gasteiger charge is -2.39. The first kappa shape index (κ1) is 19.7. The summed E-state index contributed by atoms with van der Waals surface area (Å²) in [6.07, 6.45) is 0. The Hall–Kier alpha value is -0.290. The second kappa shape index (κ2) is 6.65. The minimum atomic E-state index is -1.99. The molecule has 0 spiro atoms.